The van der Waals surface area contributed by atoms with Gasteiger partial charge in [-0.25, -0.2) is 0 Å². The molecule has 2 fully saturated rings. The topological polar surface area (TPSA) is 55.7 Å². The van der Waals surface area contributed by atoms with E-state index in [1.54, 1.807) is 0 Å². The second kappa shape index (κ2) is 7.65. The van der Waals surface area contributed by atoms with Gasteiger partial charge in [0.2, 0.25) is 0 Å². The summed E-state index contributed by atoms with van der Waals surface area (Å²) < 4.78 is 0. The lowest BCUT2D eigenvalue weighted by molar-refractivity contribution is 0.114. The molecule has 4 heteroatoms. The van der Waals surface area contributed by atoms with Gasteiger partial charge in [-0.1, -0.05) is 12.1 Å². The van der Waals surface area contributed by atoms with Gasteiger partial charge in [-0.2, -0.15) is 0 Å². The Labute approximate surface area is 139 Å². The molecule has 0 radical (unpaired) electrons. The Bertz CT molecular complexity index is 475. The molecule has 1 saturated carbocycles. The fourth-order valence-corrected chi connectivity index (χ4v) is 3.79. The Balaban J connectivity index is 1.54. The fraction of sp³-hybridized carbons (Fsp3) is 0.684. The number of nitrogens with zero attached hydrogens (tertiary/aromatic N) is 1. The van der Waals surface area contributed by atoms with Crippen molar-refractivity contribution in [1.82, 2.24) is 5.32 Å². The molecular weight excluding hydrogens is 288 g/mol. The Morgan fingerprint density at radius 1 is 0.913 bits per heavy atom. The second-order valence-electron chi connectivity index (χ2n) is 7.20. The van der Waals surface area contributed by atoms with Crippen LogP contribution in [0.25, 0.3) is 0 Å². The van der Waals surface area contributed by atoms with Gasteiger partial charge in [-0.05, 0) is 63.1 Å². The first-order valence-corrected chi connectivity index (χ1v) is 9.09. The van der Waals surface area contributed by atoms with Crippen LogP contribution in [0.1, 0.15) is 57.1 Å². The molecule has 1 aliphatic heterocycles. The standard InChI is InChI=1S/C19H30N2O2/c1-14(20-16-4-8-18(22)9-5-16)15-2-6-17(7-3-15)21-12-10-19(23)11-13-21/h2-3,6-7,14,16,18-20,22-23H,4-5,8-13H2,1H3. The van der Waals surface area contributed by atoms with Crippen molar-refractivity contribution in [2.24, 2.45) is 0 Å². The van der Waals surface area contributed by atoms with Crippen LogP contribution in [0.4, 0.5) is 5.69 Å². The first-order valence-electron chi connectivity index (χ1n) is 9.09. The lowest BCUT2D eigenvalue weighted by Crippen LogP contribution is -2.36. The molecule has 1 heterocycles. The smallest absolute Gasteiger partial charge is 0.0574 e. The highest BCUT2D eigenvalue weighted by Gasteiger charge is 2.21. The van der Waals surface area contributed by atoms with Gasteiger partial charge in [0.15, 0.2) is 0 Å². The maximum absolute atomic E-state index is 9.61. The van der Waals surface area contributed by atoms with Crippen LogP contribution in [0.3, 0.4) is 0 Å². The highest BCUT2D eigenvalue weighted by molar-refractivity contribution is 5.48. The van der Waals surface area contributed by atoms with E-state index < -0.39 is 0 Å². The molecule has 0 aromatic heterocycles. The Kier molecular flexibility index (Phi) is 5.57. The lowest BCUT2D eigenvalue weighted by Gasteiger charge is -2.32. The lowest BCUT2D eigenvalue weighted by atomic mass is 9.92. The number of piperidine rings is 1. The van der Waals surface area contributed by atoms with Crippen molar-refractivity contribution in [3.8, 4) is 0 Å². The minimum absolute atomic E-state index is 0.0919. The van der Waals surface area contributed by atoms with Crippen molar-refractivity contribution in [3.05, 3.63) is 29.8 Å². The Hall–Kier alpha value is -1.10. The van der Waals surface area contributed by atoms with Crippen LogP contribution < -0.4 is 10.2 Å². The van der Waals surface area contributed by atoms with E-state index in [9.17, 15) is 10.2 Å². The van der Waals surface area contributed by atoms with E-state index in [-0.39, 0.29) is 12.2 Å². The van der Waals surface area contributed by atoms with E-state index >= 15 is 0 Å². The van der Waals surface area contributed by atoms with Gasteiger partial charge in [0.1, 0.15) is 0 Å². The molecule has 1 aromatic rings. The van der Waals surface area contributed by atoms with E-state index in [0.717, 1.165) is 51.6 Å². The molecule has 23 heavy (non-hydrogen) atoms. The molecule has 1 aliphatic carbocycles. The summed E-state index contributed by atoms with van der Waals surface area (Å²) >= 11 is 0. The largest absolute Gasteiger partial charge is 0.393 e. The maximum atomic E-state index is 9.61. The number of hydrogen-bond acceptors (Lipinski definition) is 4. The molecule has 3 rings (SSSR count). The van der Waals surface area contributed by atoms with Crippen molar-refractivity contribution in [1.29, 1.82) is 0 Å². The molecule has 2 aliphatic rings. The monoisotopic (exact) mass is 318 g/mol. The van der Waals surface area contributed by atoms with Crippen molar-refractivity contribution in [2.75, 3.05) is 18.0 Å². The third kappa shape index (κ3) is 4.46. The molecule has 4 nitrogen and oxygen atoms in total. The van der Waals surface area contributed by atoms with Gasteiger partial charge in [0.05, 0.1) is 12.2 Å². The predicted octanol–water partition coefficient (Wildman–Crippen LogP) is 2.60. The van der Waals surface area contributed by atoms with E-state index in [2.05, 4.69) is 41.4 Å². The normalized spacial score (nSPS) is 27.9. The molecule has 1 atom stereocenters. The molecule has 0 bridgehead atoms. The SMILES string of the molecule is CC(NC1CCC(O)CC1)c1ccc(N2CCC(O)CC2)cc1. The van der Waals surface area contributed by atoms with Gasteiger partial charge < -0.3 is 20.4 Å². The summed E-state index contributed by atoms with van der Waals surface area (Å²) in [4.78, 5) is 2.36. The second-order valence-corrected chi connectivity index (χ2v) is 7.20. The van der Waals surface area contributed by atoms with E-state index in [1.807, 2.05) is 0 Å². The quantitative estimate of drug-likeness (QED) is 0.799. The third-order valence-electron chi connectivity index (χ3n) is 5.41. The molecule has 0 spiro atoms. The Morgan fingerprint density at radius 2 is 1.48 bits per heavy atom. The summed E-state index contributed by atoms with van der Waals surface area (Å²) in [6, 6.07) is 9.71. The summed E-state index contributed by atoms with van der Waals surface area (Å²) in [5.74, 6) is 0. The van der Waals surface area contributed by atoms with Gasteiger partial charge in [0, 0.05) is 30.9 Å². The zero-order valence-corrected chi connectivity index (χ0v) is 14.1. The van der Waals surface area contributed by atoms with Crippen LogP contribution in [0.5, 0.6) is 0 Å². The number of benzene rings is 1. The van der Waals surface area contributed by atoms with Crippen LogP contribution in [-0.4, -0.2) is 41.6 Å². The minimum Gasteiger partial charge on any atom is -0.393 e. The number of rotatable bonds is 4. The zero-order chi connectivity index (χ0) is 16.2. The molecule has 1 saturated heterocycles. The predicted molar refractivity (Wildman–Crippen MR) is 93.7 cm³/mol. The van der Waals surface area contributed by atoms with Gasteiger partial charge in [-0.3, -0.25) is 0 Å². The van der Waals surface area contributed by atoms with Gasteiger partial charge in [0.25, 0.3) is 0 Å². The summed E-state index contributed by atoms with van der Waals surface area (Å²) in [5.41, 5.74) is 2.57. The first kappa shape index (κ1) is 16.7. The number of aliphatic hydroxyl groups excluding tert-OH is 2. The summed E-state index contributed by atoms with van der Waals surface area (Å²) in [6.07, 6.45) is 5.50. The average molecular weight is 318 g/mol. The third-order valence-corrected chi connectivity index (χ3v) is 5.41. The van der Waals surface area contributed by atoms with Crippen LogP contribution in [-0.2, 0) is 0 Å². The van der Waals surface area contributed by atoms with Crippen LogP contribution in [0.15, 0.2) is 24.3 Å². The highest BCUT2D eigenvalue weighted by Crippen LogP contribution is 2.25. The summed E-state index contributed by atoms with van der Waals surface area (Å²) in [6.45, 7) is 4.11. The number of hydrogen-bond donors (Lipinski definition) is 3. The van der Waals surface area contributed by atoms with Crippen molar-refractivity contribution in [3.63, 3.8) is 0 Å². The van der Waals surface area contributed by atoms with Gasteiger partial charge in [-0.15, -0.1) is 0 Å². The number of aliphatic hydroxyl groups is 2. The van der Waals surface area contributed by atoms with Crippen LogP contribution in [0, 0.1) is 0 Å². The molecule has 1 unspecified atom stereocenters. The van der Waals surface area contributed by atoms with E-state index in [4.69, 9.17) is 0 Å². The molecule has 128 valence electrons. The fourth-order valence-electron chi connectivity index (χ4n) is 3.79. The van der Waals surface area contributed by atoms with Crippen molar-refractivity contribution >= 4 is 5.69 Å². The van der Waals surface area contributed by atoms with E-state index in [0.29, 0.717) is 12.1 Å². The molecule has 1 aromatic carbocycles. The van der Waals surface area contributed by atoms with E-state index in [1.165, 1.54) is 11.3 Å². The number of anilines is 1. The maximum Gasteiger partial charge on any atom is 0.0574 e. The first-order chi connectivity index (χ1) is 11.1. The summed E-state index contributed by atoms with van der Waals surface area (Å²) in [7, 11) is 0. The summed E-state index contributed by atoms with van der Waals surface area (Å²) in [5, 5.41) is 22.9. The average Bonchev–Trinajstić information content (AvgIpc) is 2.58. The Morgan fingerprint density at radius 3 is 2.09 bits per heavy atom. The van der Waals surface area contributed by atoms with Crippen molar-refractivity contribution in [2.45, 2.75) is 69.7 Å². The number of nitrogens with one attached hydrogen (secondary N) is 1. The van der Waals surface area contributed by atoms with Crippen molar-refractivity contribution < 1.29 is 10.2 Å². The van der Waals surface area contributed by atoms with Crippen LogP contribution in [0.2, 0.25) is 0 Å². The molecule has 0 amide bonds. The molecular formula is C19H30N2O2. The van der Waals surface area contributed by atoms with Crippen LogP contribution >= 0.6 is 0 Å². The molecule has 3 N–H and O–H groups in total. The minimum atomic E-state index is -0.122. The zero-order valence-electron chi connectivity index (χ0n) is 14.1. The highest BCUT2D eigenvalue weighted by atomic mass is 16.3. The van der Waals surface area contributed by atoms with Gasteiger partial charge >= 0.3 is 0 Å².